The highest BCUT2D eigenvalue weighted by Crippen LogP contribution is 2.22. The van der Waals surface area contributed by atoms with Crippen LogP contribution in [0, 0.1) is 0 Å². The van der Waals surface area contributed by atoms with Crippen LogP contribution in [0.25, 0.3) is 0 Å². The van der Waals surface area contributed by atoms with Crippen molar-refractivity contribution in [3.05, 3.63) is 30.1 Å². The molecule has 1 aromatic heterocycles. The van der Waals surface area contributed by atoms with E-state index in [9.17, 15) is 13.2 Å². The maximum absolute atomic E-state index is 12.4. The molecular formula is C12H15N3O3S. The van der Waals surface area contributed by atoms with Crippen LogP contribution in [-0.2, 0) is 9.84 Å². The summed E-state index contributed by atoms with van der Waals surface area (Å²) in [5.74, 6) is -0.0263. The first-order chi connectivity index (χ1) is 9.07. The topological polar surface area (TPSA) is 79.4 Å². The van der Waals surface area contributed by atoms with Crippen LogP contribution < -0.4 is 5.32 Å². The van der Waals surface area contributed by atoms with E-state index in [0.717, 1.165) is 0 Å². The van der Waals surface area contributed by atoms with Gasteiger partial charge in [0.05, 0.1) is 17.5 Å². The highest BCUT2D eigenvalue weighted by molar-refractivity contribution is 7.91. The molecule has 6 nitrogen and oxygen atoms in total. The molecule has 0 aliphatic carbocycles. The summed E-state index contributed by atoms with van der Waals surface area (Å²) in [5.41, 5.74) is 0.368. The third kappa shape index (κ3) is 2.35. The van der Waals surface area contributed by atoms with E-state index in [2.05, 4.69) is 10.3 Å². The van der Waals surface area contributed by atoms with Gasteiger partial charge in [0.15, 0.2) is 9.84 Å². The maximum atomic E-state index is 12.4. The molecule has 102 valence electrons. The summed E-state index contributed by atoms with van der Waals surface area (Å²) >= 11 is 0. The van der Waals surface area contributed by atoms with E-state index in [1.807, 2.05) is 0 Å². The molecule has 7 heteroatoms. The fourth-order valence-electron chi connectivity index (χ4n) is 2.76. The summed E-state index contributed by atoms with van der Waals surface area (Å²) in [7, 11) is -3.05. The van der Waals surface area contributed by atoms with Crippen molar-refractivity contribution in [2.45, 2.75) is 12.1 Å². The Bertz CT molecular complexity index is 587. The van der Waals surface area contributed by atoms with Crippen molar-refractivity contribution >= 4 is 15.7 Å². The lowest BCUT2D eigenvalue weighted by atomic mass is 10.1. The normalized spacial score (nSPS) is 28.9. The van der Waals surface area contributed by atoms with Crippen molar-refractivity contribution in [2.24, 2.45) is 0 Å². The van der Waals surface area contributed by atoms with E-state index >= 15 is 0 Å². The van der Waals surface area contributed by atoms with Gasteiger partial charge in [-0.05, 0) is 12.1 Å². The molecule has 0 radical (unpaired) electrons. The van der Waals surface area contributed by atoms with E-state index in [1.165, 1.54) is 0 Å². The van der Waals surface area contributed by atoms with Crippen LogP contribution in [0.5, 0.6) is 0 Å². The van der Waals surface area contributed by atoms with Gasteiger partial charge >= 0.3 is 0 Å². The van der Waals surface area contributed by atoms with Crippen LogP contribution in [-0.4, -0.2) is 60.9 Å². The number of piperazine rings is 1. The van der Waals surface area contributed by atoms with Gasteiger partial charge in [-0.15, -0.1) is 0 Å². The number of hydrogen-bond acceptors (Lipinski definition) is 5. The standard InChI is InChI=1S/C12H15N3O3S/c16-12(9-3-1-2-4-13-9)15-6-5-14-10-7-19(17,18)8-11(10)15/h1-4,10-11,14H,5-8H2/t10-,11-/m0/s1. The molecule has 2 fully saturated rings. The van der Waals surface area contributed by atoms with Crippen LogP contribution in [0.4, 0.5) is 0 Å². The second kappa shape index (κ2) is 4.57. The van der Waals surface area contributed by atoms with Crippen molar-refractivity contribution in [2.75, 3.05) is 24.6 Å². The molecule has 0 unspecified atom stereocenters. The van der Waals surface area contributed by atoms with Crippen LogP contribution in [0.3, 0.4) is 0 Å². The van der Waals surface area contributed by atoms with Gasteiger partial charge in [0.25, 0.3) is 5.91 Å². The second-order valence-electron chi connectivity index (χ2n) is 4.92. The molecule has 19 heavy (non-hydrogen) atoms. The number of sulfone groups is 1. The first kappa shape index (κ1) is 12.6. The van der Waals surface area contributed by atoms with E-state index in [1.54, 1.807) is 29.3 Å². The van der Waals surface area contributed by atoms with E-state index < -0.39 is 9.84 Å². The Labute approximate surface area is 111 Å². The summed E-state index contributed by atoms with van der Waals surface area (Å²) in [6.45, 7) is 1.14. The van der Waals surface area contributed by atoms with E-state index in [4.69, 9.17) is 0 Å². The van der Waals surface area contributed by atoms with Crippen LogP contribution in [0.15, 0.2) is 24.4 Å². The Morgan fingerprint density at radius 3 is 2.95 bits per heavy atom. The van der Waals surface area contributed by atoms with Gasteiger partial charge in [-0.3, -0.25) is 9.78 Å². The lowest BCUT2D eigenvalue weighted by Crippen LogP contribution is -2.59. The first-order valence-electron chi connectivity index (χ1n) is 6.23. The first-order valence-corrected chi connectivity index (χ1v) is 8.05. The van der Waals surface area contributed by atoms with Gasteiger partial charge in [-0.1, -0.05) is 6.07 Å². The average molecular weight is 281 g/mol. The summed E-state index contributed by atoms with van der Waals surface area (Å²) in [6, 6.07) is 4.74. The fourth-order valence-corrected chi connectivity index (χ4v) is 4.71. The highest BCUT2D eigenvalue weighted by Gasteiger charge is 2.44. The third-order valence-electron chi connectivity index (χ3n) is 3.63. The van der Waals surface area contributed by atoms with Crippen molar-refractivity contribution in [3.8, 4) is 0 Å². The molecule has 1 N–H and O–H groups in total. The van der Waals surface area contributed by atoms with E-state index in [-0.39, 0.29) is 29.5 Å². The number of nitrogens with one attached hydrogen (secondary N) is 1. The molecule has 2 saturated heterocycles. The molecule has 0 bridgehead atoms. The molecule has 0 spiro atoms. The number of fused-ring (bicyclic) bond motifs is 1. The van der Waals surface area contributed by atoms with Crippen molar-refractivity contribution in [1.82, 2.24) is 15.2 Å². The quantitative estimate of drug-likeness (QED) is 0.736. The lowest BCUT2D eigenvalue weighted by Gasteiger charge is -2.37. The number of rotatable bonds is 1. The number of nitrogens with zero attached hydrogens (tertiary/aromatic N) is 2. The molecule has 0 saturated carbocycles. The number of carbonyl (C=O) groups excluding carboxylic acids is 1. The zero-order valence-electron chi connectivity index (χ0n) is 10.3. The Morgan fingerprint density at radius 2 is 2.21 bits per heavy atom. The van der Waals surface area contributed by atoms with Gasteiger partial charge < -0.3 is 10.2 Å². The third-order valence-corrected chi connectivity index (χ3v) is 5.34. The van der Waals surface area contributed by atoms with Gasteiger partial charge in [0.2, 0.25) is 0 Å². The SMILES string of the molecule is O=C(c1ccccn1)N1CCN[C@H]2CS(=O)(=O)C[C@@H]21. The van der Waals surface area contributed by atoms with Gasteiger partial charge in [-0.2, -0.15) is 0 Å². The highest BCUT2D eigenvalue weighted by atomic mass is 32.2. The molecular weight excluding hydrogens is 266 g/mol. The zero-order valence-corrected chi connectivity index (χ0v) is 11.1. The minimum Gasteiger partial charge on any atom is -0.330 e. The Balaban J connectivity index is 1.87. The van der Waals surface area contributed by atoms with Crippen molar-refractivity contribution in [3.63, 3.8) is 0 Å². The molecule has 0 aromatic carbocycles. The summed E-state index contributed by atoms with van der Waals surface area (Å²) in [6.07, 6.45) is 1.57. The Hall–Kier alpha value is -1.47. The summed E-state index contributed by atoms with van der Waals surface area (Å²) in [5, 5.41) is 3.18. The number of amides is 1. The molecule has 2 aliphatic heterocycles. The molecule has 1 amide bonds. The van der Waals surface area contributed by atoms with Crippen molar-refractivity contribution < 1.29 is 13.2 Å². The monoisotopic (exact) mass is 281 g/mol. The average Bonchev–Trinajstić information content (AvgIpc) is 2.72. The zero-order chi connectivity index (χ0) is 13.5. The molecule has 1 aromatic rings. The Kier molecular flexibility index (Phi) is 3.02. The molecule has 3 rings (SSSR count). The van der Waals surface area contributed by atoms with Gasteiger partial charge in [0.1, 0.15) is 5.69 Å². The predicted octanol–water partition coefficient (Wildman–Crippen LogP) is -0.707. The summed E-state index contributed by atoms with van der Waals surface area (Å²) < 4.78 is 23.4. The number of pyridine rings is 1. The number of hydrogen-bond donors (Lipinski definition) is 1. The minimum atomic E-state index is -3.05. The van der Waals surface area contributed by atoms with Crippen molar-refractivity contribution in [1.29, 1.82) is 0 Å². The largest absolute Gasteiger partial charge is 0.330 e. The minimum absolute atomic E-state index is 0.0449. The number of aromatic nitrogens is 1. The second-order valence-corrected chi connectivity index (χ2v) is 7.07. The van der Waals surface area contributed by atoms with Gasteiger partial charge in [0, 0.05) is 25.3 Å². The van der Waals surface area contributed by atoms with Crippen LogP contribution in [0.2, 0.25) is 0 Å². The van der Waals surface area contributed by atoms with E-state index in [0.29, 0.717) is 18.8 Å². The Morgan fingerprint density at radius 1 is 1.37 bits per heavy atom. The molecule has 2 atom stereocenters. The predicted molar refractivity (Wildman–Crippen MR) is 69.5 cm³/mol. The molecule has 2 aliphatic rings. The number of carbonyl (C=O) groups is 1. The summed E-state index contributed by atoms with van der Waals surface area (Å²) in [4.78, 5) is 18.1. The smallest absolute Gasteiger partial charge is 0.272 e. The lowest BCUT2D eigenvalue weighted by molar-refractivity contribution is 0.0615. The molecule has 3 heterocycles. The maximum Gasteiger partial charge on any atom is 0.272 e. The van der Waals surface area contributed by atoms with Crippen LogP contribution in [0.1, 0.15) is 10.5 Å². The van der Waals surface area contributed by atoms with Gasteiger partial charge in [-0.25, -0.2) is 8.42 Å². The van der Waals surface area contributed by atoms with Crippen LogP contribution >= 0.6 is 0 Å². The fraction of sp³-hybridized carbons (Fsp3) is 0.500.